The maximum Gasteiger partial charge on any atom is 0.253 e. The first kappa shape index (κ1) is 14.7. The van der Waals surface area contributed by atoms with E-state index in [1.54, 1.807) is 11.9 Å². The van der Waals surface area contributed by atoms with Gasteiger partial charge in [0.2, 0.25) is 0 Å². The maximum atomic E-state index is 12.1. The highest BCUT2D eigenvalue weighted by atomic mass is 35.5. The number of nitrogen functional groups attached to an aromatic ring is 1. The van der Waals surface area contributed by atoms with E-state index in [1.165, 1.54) is 12.1 Å². The van der Waals surface area contributed by atoms with Crippen LogP contribution in [0.1, 0.15) is 16.8 Å². The summed E-state index contributed by atoms with van der Waals surface area (Å²) < 4.78 is 0. The Morgan fingerprint density at radius 1 is 1.33 bits per heavy atom. The van der Waals surface area contributed by atoms with E-state index >= 15 is 0 Å². The van der Waals surface area contributed by atoms with Gasteiger partial charge in [-0.3, -0.25) is 4.79 Å². The molecule has 1 rings (SSSR count). The Hall–Kier alpha value is -1.33. The summed E-state index contributed by atoms with van der Waals surface area (Å²) in [6.07, 6.45) is 0.920. The fourth-order valence-corrected chi connectivity index (χ4v) is 1.80. The number of carbonyl (C=O) groups excluding carboxylic acids is 1. The van der Waals surface area contributed by atoms with Crippen molar-refractivity contribution in [3.8, 4) is 0 Å². The highest BCUT2D eigenvalue weighted by Crippen LogP contribution is 2.13. The number of aromatic nitrogens is 1. The van der Waals surface area contributed by atoms with Crippen LogP contribution in [0.4, 0.5) is 5.82 Å². The summed E-state index contributed by atoms with van der Waals surface area (Å²) in [7, 11) is 5.78. The predicted octanol–water partition coefficient (Wildman–Crippen LogP) is 1.34. The molecule has 1 heterocycles. The molecule has 0 aliphatic heterocycles. The van der Waals surface area contributed by atoms with Crippen LogP contribution in [0.5, 0.6) is 0 Å². The molecule has 18 heavy (non-hydrogen) atoms. The number of hydrogen-bond donors (Lipinski definition) is 1. The molecule has 2 N–H and O–H groups in total. The Kier molecular flexibility index (Phi) is 5.37. The second-order valence-electron chi connectivity index (χ2n) is 4.49. The Balaban J connectivity index is 2.62. The van der Waals surface area contributed by atoms with Crippen molar-refractivity contribution in [3.63, 3.8) is 0 Å². The summed E-state index contributed by atoms with van der Waals surface area (Å²) in [6.45, 7) is 1.63. The molecule has 0 saturated carbocycles. The Morgan fingerprint density at radius 2 is 2.00 bits per heavy atom. The summed E-state index contributed by atoms with van der Waals surface area (Å²) in [4.78, 5) is 19.7. The third-order valence-electron chi connectivity index (χ3n) is 2.51. The molecule has 0 spiro atoms. The first-order valence-electron chi connectivity index (χ1n) is 5.73. The van der Waals surface area contributed by atoms with Gasteiger partial charge in [0.1, 0.15) is 11.0 Å². The minimum absolute atomic E-state index is 0.0928. The molecule has 0 aromatic carbocycles. The molecule has 0 radical (unpaired) electrons. The lowest BCUT2D eigenvalue weighted by atomic mass is 10.2. The van der Waals surface area contributed by atoms with Gasteiger partial charge >= 0.3 is 0 Å². The Morgan fingerprint density at radius 3 is 2.56 bits per heavy atom. The van der Waals surface area contributed by atoms with Gasteiger partial charge in [0.15, 0.2) is 0 Å². The molecule has 6 heteroatoms. The zero-order valence-electron chi connectivity index (χ0n) is 11.0. The number of amides is 1. The summed E-state index contributed by atoms with van der Waals surface area (Å²) in [5, 5.41) is 0.236. The van der Waals surface area contributed by atoms with E-state index in [2.05, 4.69) is 9.88 Å². The normalized spacial score (nSPS) is 10.7. The van der Waals surface area contributed by atoms with Gasteiger partial charge in [-0.05, 0) is 39.2 Å². The number of nitrogens with two attached hydrogens (primary N) is 1. The molecule has 1 aromatic heterocycles. The summed E-state index contributed by atoms with van der Waals surface area (Å²) in [5.41, 5.74) is 6.04. The SMILES string of the molecule is CN(C)CCCN(C)C(=O)c1cc(N)nc(Cl)c1. The molecule has 0 aliphatic carbocycles. The molecule has 0 fully saturated rings. The molecule has 0 unspecified atom stereocenters. The number of pyridine rings is 1. The quantitative estimate of drug-likeness (QED) is 0.821. The largest absolute Gasteiger partial charge is 0.384 e. The lowest BCUT2D eigenvalue weighted by molar-refractivity contribution is 0.0790. The van der Waals surface area contributed by atoms with Crippen molar-refractivity contribution in [1.82, 2.24) is 14.8 Å². The van der Waals surface area contributed by atoms with Gasteiger partial charge in [0.05, 0.1) is 0 Å². The van der Waals surface area contributed by atoms with Crippen LogP contribution in [0.2, 0.25) is 5.15 Å². The average Bonchev–Trinajstić information content (AvgIpc) is 2.26. The molecule has 0 aliphatic rings. The van der Waals surface area contributed by atoms with Gasteiger partial charge < -0.3 is 15.5 Å². The van der Waals surface area contributed by atoms with Gasteiger partial charge in [0, 0.05) is 19.2 Å². The molecule has 1 aromatic rings. The summed E-state index contributed by atoms with van der Waals surface area (Å²) in [6, 6.07) is 3.07. The lowest BCUT2D eigenvalue weighted by Gasteiger charge is -2.18. The number of anilines is 1. The monoisotopic (exact) mass is 270 g/mol. The fraction of sp³-hybridized carbons (Fsp3) is 0.500. The molecule has 0 atom stereocenters. The fourth-order valence-electron chi connectivity index (χ4n) is 1.59. The van der Waals surface area contributed by atoms with Crippen LogP contribution in [0.3, 0.4) is 0 Å². The lowest BCUT2D eigenvalue weighted by Crippen LogP contribution is -2.29. The van der Waals surface area contributed by atoms with Crippen LogP contribution < -0.4 is 5.73 Å². The highest BCUT2D eigenvalue weighted by Gasteiger charge is 2.13. The van der Waals surface area contributed by atoms with Gasteiger partial charge in [0.25, 0.3) is 5.91 Å². The molecule has 1 amide bonds. The number of nitrogens with zero attached hydrogens (tertiary/aromatic N) is 3. The van der Waals surface area contributed by atoms with Crippen molar-refractivity contribution in [3.05, 3.63) is 22.8 Å². The second-order valence-corrected chi connectivity index (χ2v) is 4.87. The number of carbonyl (C=O) groups is 1. The third kappa shape index (κ3) is 4.50. The van der Waals surface area contributed by atoms with Gasteiger partial charge in [-0.2, -0.15) is 0 Å². The van der Waals surface area contributed by atoms with E-state index < -0.39 is 0 Å². The molecule has 0 bridgehead atoms. The van der Waals surface area contributed by atoms with Crippen LogP contribution >= 0.6 is 11.6 Å². The molecule has 100 valence electrons. The standard InChI is InChI=1S/C12H19ClN4O/c1-16(2)5-4-6-17(3)12(18)9-7-10(13)15-11(14)8-9/h7-8H,4-6H2,1-3H3,(H2,14,15). The smallest absolute Gasteiger partial charge is 0.253 e. The van der Waals surface area contributed by atoms with E-state index in [0.717, 1.165) is 13.0 Å². The number of rotatable bonds is 5. The van der Waals surface area contributed by atoms with Gasteiger partial charge in [-0.25, -0.2) is 4.98 Å². The van der Waals surface area contributed by atoms with E-state index in [9.17, 15) is 4.79 Å². The second kappa shape index (κ2) is 6.56. The van der Waals surface area contributed by atoms with Crippen molar-refractivity contribution in [2.24, 2.45) is 0 Å². The molecule has 5 nitrogen and oxygen atoms in total. The molecular weight excluding hydrogens is 252 g/mol. The van der Waals surface area contributed by atoms with E-state index in [4.69, 9.17) is 17.3 Å². The van der Waals surface area contributed by atoms with Crippen molar-refractivity contribution in [2.75, 3.05) is 40.0 Å². The zero-order chi connectivity index (χ0) is 13.7. The van der Waals surface area contributed by atoms with Crippen molar-refractivity contribution in [1.29, 1.82) is 0 Å². The van der Waals surface area contributed by atoms with E-state index in [0.29, 0.717) is 12.1 Å². The Labute approximate surface area is 113 Å². The summed E-state index contributed by atoms with van der Waals surface area (Å²) >= 11 is 5.78. The van der Waals surface area contributed by atoms with Gasteiger partial charge in [-0.15, -0.1) is 0 Å². The summed E-state index contributed by atoms with van der Waals surface area (Å²) in [5.74, 6) is 0.164. The van der Waals surface area contributed by atoms with Crippen LogP contribution in [-0.4, -0.2) is 54.9 Å². The highest BCUT2D eigenvalue weighted by molar-refractivity contribution is 6.29. The predicted molar refractivity (Wildman–Crippen MR) is 73.8 cm³/mol. The first-order valence-corrected chi connectivity index (χ1v) is 6.11. The van der Waals surface area contributed by atoms with Gasteiger partial charge in [-0.1, -0.05) is 11.6 Å². The van der Waals surface area contributed by atoms with Crippen LogP contribution in [0, 0.1) is 0 Å². The maximum absolute atomic E-state index is 12.1. The topological polar surface area (TPSA) is 62.5 Å². The van der Waals surface area contributed by atoms with Crippen LogP contribution in [0.15, 0.2) is 12.1 Å². The van der Waals surface area contributed by atoms with Crippen molar-refractivity contribution in [2.45, 2.75) is 6.42 Å². The van der Waals surface area contributed by atoms with Crippen molar-refractivity contribution < 1.29 is 4.79 Å². The Bertz CT molecular complexity index is 402. The molecule has 0 saturated heterocycles. The average molecular weight is 271 g/mol. The number of hydrogen-bond acceptors (Lipinski definition) is 4. The van der Waals surface area contributed by atoms with E-state index in [-0.39, 0.29) is 16.9 Å². The van der Waals surface area contributed by atoms with Crippen molar-refractivity contribution >= 4 is 23.3 Å². The van der Waals surface area contributed by atoms with Crippen LogP contribution in [-0.2, 0) is 0 Å². The minimum atomic E-state index is -0.0928. The van der Waals surface area contributed by atoms with E-state index in [1.807, 2.05) is 14.1 Å². The number of halogens is 1. The third-order valence-corrected chi connectivity index (χ3v) is 2.70. The zero-order valence-corrected chi connectivity index (χ0v) is 11.7. The van der Waals surface area contributed by atoms with Crippen LogP contribution in [0.25, 0.3) is 0 Å². The first-order chi connectivity index (χ1) is 8.40. The molecular formula is C12H19ClN4O. The minimum Gasteiger partial charge on any atom is -0.384 e.